The van der Waals surface area contributed by atoms with E-state index in [1.165, 1.54) is 11.8 Å². The topological polar surface area (TPSA) is 109 Å². The second-order valence-electron chi connectivity index (χ2n) is 8.48. The molecule has 3 amide bonds. The molecule has 0 aromatic rings. The van der Waals surface area contributed by atoms with E-state index in [2.05, 4.69) is 5.16 Å². The smallest absolute Gasteiger partial charge is 0.420 e. The van der Waals surface area contributed by atoms with Crippen LogP contribution in [0.2, 0.25) is 0 Å². The van der Waals surface area contributed by atoms with Crippen molar-refractivity contribution in [1.82, 2.24) is 9.80 Å². The largest absolute Gasteiger partial charge is 0.443 e. The quantitative estimate of drug-likeness (QED) is 0.321. The molecule has 1 fully saturated rings. The number of oxime groups is 1. The number of hydrogen-bond donors (Lipinski definition) is 1. The van der Waals surface area contributed by atoms with E-state index in [4.69, 9.17) is 14.7 Å². The zero-order valence-corrected chi connectivity index (χ0v) is 17.2. The van der Waals surface area contributed by atoms with Crippen LogP contribution >= 0.6 is 0 Å². The van der Waals surface area contributed by atoms with Crippen molar-refractivity contribution in [1.29, 1.82) is 0 Å². The number of ether oxygens (including phenoxy) is 2. The normalized spacial score (nSPS) is 19.4. The van der Waals surface area contributed by atoms with Crippen LogP contribution in [-0.4, -0.2) is 62.7 Å². The summed E-state index contributed by atoms with van der Waals surface area (Å²) in [5.41, 5.74) is -1.71. The van der Waals surface area contributed by atoms with Crippen LogP contribution < -0.4 is 0 Å². The second-order valence-corrected chi connectivity index (χ2v) is 8.48. The molecule has 0 aromatic carbocycles. The van der Waals surface area contributed by atoms with Crippen molar-refractivity contribution in [3.05, 3.63) is 0 Å². The standard InChI is InChI=1S/C18H31N3O6/c1-12(19-25)20-11-9-8-10-13(14(20)22)21(15(23)26-17(2,3)4)16(24)27-18(5,6)7/h13,25H,8-11H2,1-7H3/b19-12+/t13-/m0/s1. The monoisotopic (exact) mass is 385 g/mol. The first-order valence-corrected chi connectivity index (χ1v) is 9.02. The Bertz CT molecular complexity index is 575. The first-order valence-electron chi connectivity index (χ1n) is 9.02. The van der Waals surface area contributed by atoms with Gasteiger partial charge >= 0.3 is 12.2 Å². The van der Waals surface area contributed by atoms with E-state index in [1.54, 1.807) is 41.5 Å². The van der Waals surface area contributed by atoms with Crippen LogP contribution in [0.3, 0.4) is 0 Å². The molecule has 1 aliphatic heterocycles. The van der Waals surface area contributed by atoms with Gasteiger partial charge in [0.1, 0.15) is 23.1 Å². The summed E-state index contributed by atoms with van der Waals surface area (Å²) >= 11 is 0. The summed E-state index contributed by atoms with van der Waals surface area (Å²) in [6.45, 7) is 11.8. The van der Waals surface area contributed by atoms with Gasteiger partial charge < -0.3 is 14.7 Å². The van der Waals surface area contributed by atoms with Crippen molar-refractivity contribution >= 4 is 23.9 Å². The van der Waals surface area contributed by atoms with Crippen molar-refractivity contribution in [2.45, 2.75) is 85.0 Å². The summed E-state index contributed by atoms with van der Waals surface area (Å²) < 4.78 is 10.7. The van der Waals surface area contributed by atoms with Crippen LogP contribution in [-0.2, 0) is 14.3 Å². The lowest BCUT2D eigenvalue weighted by molar-refractivity contribution is -0.132. The third-order valence-electron chi connectivity index (χ3n) is 3.69. The number of hydrogen-bond acceptors (Lipinski definition) is 7. The first kappa shape index (κ1) is 22.7. The molecule has 0 spiro atoms. The van der Waals surface area contributed by atoms with Gasteiger partial charge in [0, 0.05) is 6.54 Å². The van der Waals surface area contributed by atoms with Crippen LogP contribution in [0, 0.1) is 0 Å². The molecular formula is C18H31N3O6. The fraction of sp³-hybridized carbons (Fsp3) is 0.778. The first-order chi connectivity index (χ1) is 12.3. The zero-order valence-electron chi connectivity index (χ0n) is 17.2. The highest BCUT2D eigenvalue weighted by molar-refractivity contribution is 6.03. The molecule has 0 unspecified atom stereocenters. The van der Waals surface area contributed by atoms with Gasteiger partial charge in [-0.15, -0.1) is 0 Å². The lowest BCUT2D eigenvalue weighted by atomic mass is 10.1. The van der Waals surface area contributed by atoms with Gasteiger partial charge in [-0.2, -0.15) is 4.90 Å². The molecule has 1 saturated heterocycles. The van der Waals surface area contributed by atoms with Gasteiger partial charge in [0.2, 0.25) is 0 Å². The Balaban J connectivity index is 3.27. The number of carbonyl (C=O) groups is 3. The molecule has 27 heavy (non-hydrogen) atoms. The van der Waals surface area contributed by atoms with Crippen molar-refractivity contribution in [3.8, 4) is 0 Å². The van der Waals surface area contributed by atoms with Gasteiger partial charge in [-0.1, -0.05) is 5.16 Å². The highest BCUT2D eigenvalue weighted by Crippen LogP contribution is 2.23. The summed E-state index contributed by atoms with van der Waals surface area (Å²) in [5, 5.41) is 12.1. The Kier molecular flexibility index (Phi) is 7.22. The van der Waals surface area contributed by atoms with Gasteiger partial charge in [0.15, 0.2) is 0 Å². The lowest BCUT2D eigenvalue weighted by Crippen LogP contribution is -2.55. The molecule has 154 valence electrons. The maximum absolute atomic E-state index is 13.0. The van der Waals surface area contributed by atoms with Gasteiger partial charge in [-0.25, -0.2) is 9.59 Å². The predicted molar refractivity (Wildman–Crippen MR) is 98.6 cm³/mol. The molecule has 0 saturated carbocycles. The summed E-state index contributed by atoms with van der Waals surface area (Å²) in [5.74, 6) is -0.417. The molecular weight excluding hydrogens is 354 g/mol. The number of rotatable bonds is 1. The number of amides is 3. The second kappa shape index (κ2) is 8.58. The van der Waals surface area contributed by atoms with Crippen LogP contribution in [0.1, 0.15) is 67.7 Å². The van der Waals surface area contributed by atoms with Crippen molar-refractivity contribution in [3.63, 3.8) is 0 Å². The van der Waals surface area contributed by atoms with Gasteiger partial charge in [0.05, 0.1) is 0 Å². The minimum absolute atomic E-state index is 0.0974. The minimum Gasteiger partial charge on any atom is -0.443 e. The molecule has 1 heterocycles. The molecule has 0 aromatic heterocycles. The van der Waals surface area contributed by atoms with E-state index in [-0.39, 0.29) is 12.3 Å². The SMILES string of the molecule is C/C(=N\O)N1CCCC[C@H](N(C(=O)OC(C)(C)C)C(=O)OC(C)(C)C)C1=O. The maximum Gasteiger partial charge on any atom is 0.420 e. The lowest BCUT2D eigenvalue weighted by Gasteiger charge is -2.33. The molecule has 9 nitrogen and oxygen atoms in total. The molecule has 0 aliphatic carbocycles. The summed E-state index contributed by atoms with van der Waals surface area (Å²) in [4.78, 5) is 40.5. The highest BCUT2D eigenvalue weighted by Gasteiger charge is 2.42. The van der Waals surface area contributed by atoms with Gasteiger partial charge in [-0.3, -0.25) is 9.69 Å². The number of amidine groups is 1. The van der Waals surface area contributed by atoms with Gasteiger partial charge in [0.25, 0.3) is 5.91 Å². The molecule has 1 rings (SSSR count). The third-order valence-corrected chi connectivity index (χ3v) is 3.69. The van der Waals surface area contributed by atoms with Crippen LogP contribution in [0.15, 0.2) is 5.16 Å². The number of carbonyl (C=O) groups excluding carboxylic acids is 3. The van der Waals surface area contributed by atoms with E-state index >= 15 is 0 Å². The van der Waals surface area contributed by atoms with Gasteiger partial charge in [-0.05, 0) is 67.7 Å². The number of imide groups is 1. The van der Waals surface area contributed by atoms with E-state index < -0.39 is 35.3 Å². The minimum atomic E-state index is -1.10. The van der Waals surface area contributed by atoms with Crippen LogP contribution in [0.4, 0.5) is 9.59 Å². The van der Waals surface area contributed by atoms with Crippen molar-refractivity contribution in [2.75, 3.05) is 6.54 Å². The summed E-state index contributed by atoms with van der Waals surface area (Å²) in [6, 6.07) is -1.10. The van der Waals surface area contributed by atoms with Crippen LogP contribution in [0.5, 0.6) is 0 Å². The average molecular weight is 385 g/mol. The molecule has 1 atom stereocenters. The molecule has 9 heteroatoms. The van der Waals surface area contributed by atoms with Crippen LogP contribution in [0.25, 0.3) is 0 Å². The van der Waals surface area contributed by atoms with E-state index in [0.717, 1.165) is 4.90 Å². The van der Waals surface area contributed by atoms with E-state index in [0.29, 0.717) is 19.4 Å². The van der Waals surface area contributed by atoms with Crippen molar-refractivity contribution < 1.29 is 29.1 Å². The molecule has 0 radical (unpaired) electrons. The number of likely N-dealkylation sites (tertiary alicyclic amines) is 1. The van der Waals surface area contributed by atoms with Crippen molar-refractivity contribution in [2.24, 2.45) is 5.16 Å². The zero-order chi connectivity index (χ0) is 21.0. The third kappa shape index (κ3) is 6.73. The molecule has 0 bridgehead atoms. The Morgan fingerprint density at radius 1 is 1.07 bits per heavy atom. The fourth-order valence-corrected chi connectivity index (χ4v) is 2.59. The summed E-state index contributed by atoms with van der Waals surface area (Å²) in [6.07, 6.45) is -0.377. The molecule has 1 N–H and O–H groups in total. The average Bonchev–Trinajstić information content (AvgIpc) is 2.66. The fourth-order valence-electron chi connectivity index (χ4n) is 2.59. The number of nitrogens with zero attached hydrogens (tertiary/aromatic N) is 3. The Labute approximate surface area is 160 Å². The predicted octanol–water partition coefficient (Wildman–Crippen LogP) is 3.35. The van der Waals surface area contributed by atoms with E-state index in [1.807, 2.05) is 0 Å². The highest BCUT2D eigenvalue weighted by atomic mass is 16.6. The Morgan fingerprint density at radius 2 is 1.56 bits per heavy atom. The Hall–Kier alpha value is -2.32. The maximum atomic E-state index is 13.0. The Morgan fingerprint density at radius 3 is 1.96 bits per heavy atom. The summed E-state index contributed by atoms with van der Waals surface area (Å²) in [7, 11) is 0. The van der Waals surface area contributed by atoms with E-state index in [9.17, 15) is 14.4 Å². The molecule has 1 aliphatic rings.